The first-order valence-electron chi connectivity index (χ1n) is 14.3. The molecule has 0 aromatic carbocycles. The number of hydrogen-bond acceptors (Lipinski definition) is 8. The van der Waals surface area contributed by atoms with Gasteiger partial charge in [0.15, 0.2) is 0 Å². The van der Waals surface area contributed by atoms with Crippen molar-refractivity contribution in [1.29, 1.82) is 0 Å². The third kappa shape index (κ3) is 50.6. The zero-order valence-corrected chi connectivity index (χ0v) is 30.7. The Labute approximate surface area is 280 Å². The SMILES string of the molecule is CCCCCCCCCCCCCCOS(=O)(=O)[O-].CCCCCCCCCCCCOS(=O)(=O)[O-].[Na+].[Na+]. The Morgan fingerprint density at radius 3 is 0.763 bits per heavy atom. The van der Waals surface area contributed by atoms with Crippen LogP contribution in [-0.2, 0) is 29.2 Å². The van der Waals surface area contributed by atoms with Crippen molar-refractivity contribution >= 4 is 20.8 Å². The second-order valence-corrected chi connectivity index (χ2v) is 11.6. The van der Waals surface area contributed by atoms with Crippen molar-refractivity contribution in [3.63, 3.8) is 0 Å². The van der Waals surface area contributed by atoms with Gasteiger partial charge in [-0.05, 0) is 12.8 Å². The van der Waals surface area contributed by atoms with E-state index in [-0.39, 0.29) is 72.3 Å². The fraction of sp³-hybridized carbons (Fsp3) is 1.00. The smallest absolute Gasteiger partial charge is 0.726 e. The molecule has 0 saturated carbocycles. The van der Waals surface area contributed by atoms with Gasteiger partial charge in [-0.2, -0.15) is 0 Å². The molecule has 0 saturated heterocycles. The molecule has 0 aliphatic rings. The average Bonchev–Trinajstić information content (AvgIpc) is 2.79. The van der Waals surface area contributed by atoms with Gasteiger partial charge in [0.05, 0.1) is 13.2 Å². The van der Waals surface area contributed by atoms with Crippen LogP contribution >= 0.6 is 0 Å². The Hall–Kier alpha value is 1.74. The van der Waals surface area contributed by atoms with Crippen LogP contribution in [0.3, 0.4) is 0 Å². The fourth-order valence-electron chi connectivity index (χ4n) is 3.85. The first-order valence-corrected chi connectivity index (χ1v) is 17.0. The van der Waals surface area contributed by atoms with Crippen molar-refractivity contribution in [2.75, 3.05) is 13.2 Å². The Kier molecular flexibility index (Phi) is 42.9. The van der Waals surface area contributed by atoms with Crippen LogP contribution in [0, 0.1) is 0 Å². The maximum absolute atomic E-state index is 10.2. The molecular weight excluding hydrogens is 550 g/mol. The third-order valence-corrected chi connectivity index (χ3v) is 6.86. The average molecular weight is 605 g/mol. The van der Waals surface area contributed by atoms with E-state index in [9.17, 15) is 25.9 Å². The normalized spacial score (nSPS) is 11.3. The van der Waals surface area contributed by atoms with Crippen LogP contribution in [0.25, 0.3) is 0 Å². The van der Waals surface area contributed by atoms with Gasteiger partial charge in [0.25, 0.3) is 0 Å². The van der Waals surface area contributed by atoms with Crippen LogP contribution in [0.5, 0.6) is 0 Å². The Balaban J connectivity index is -0.000000291. The Morgan fingerprint density at radius 1 is 0.395 bits per heavy atom. The van der Waals surface area contributed by atoms with Crippen molar-refractivity contribution < 1.29 is 93.4 Å². The second-order valence-electron chi connectivity index (χ2n) is 9.53. The molecule has 0 heterocycles. The molecule has 0 aliphatic carbocycles. The topological polar surface area (TPSA) is 133 Å². The molecule has 0 N–H and O–H groups in total. The summed E-state index contributed by atoms with van der Waals surface area (Å²) in [6, 6.07) is 0. The number of hydrogen-bond donors (Lipinski definition) is 0. The molecule has 12 heteroatoms. The monoisotopic (exact) mass is 604 g/mol. The van der Waals surface area contributed by atoms with Crippen LogP contribution in [0.2, 0.25) is 0 Å². The van der Waals surface area contributed by atoms with E-state index >= 15 is 0 Å². The minimum Gasteiger partial charge on any atom is -0.726 e. The predicted octanol–water partition coefficient (Wildman–Crippen LogP) is 1.56. The molecule has 0 atom stereocenters. The predicted molar refractivity (Wildman–Crippen MR) is 144 cm³/mol. The van der Waals surface area contributed by atoms with Crippen LogP contribution in [0.4, 0.5) is 0 Å². The molecule has 0 rings (SSSR count). The summed E-state index contributed by atoms with van der Waals surface area (Å²) in [7, 11) is -8.97. The van der Waals surface area contributed by atoms with Crippen LogP contribution in [0.15, 0.2) is 0 Å². The van der Waals surface area contributed by atoms with Crippen molar-refractivity contribution in [2.45, 2.75) is 155 Å². The summed E-state index contributed by atoms with van der Waals surface area (Å²) < 4.78 is 69.1. The van der Waals surface area contributed by atoms with E-state index < -0.39 is 20.8 Å². The summed E-state index contributed by atoms with van der Waals surface area (Å²) in [5, 5.41) is 0. The molecule has 0 aromatic heterocycles. The van der Waals surface area contributed by atoms with E-state index in [0.717, 1.165) is 25.7 Å². The van der Waals surface area contributed by atoms with Gasteiger partial charge in [0.2, 0.25) is 20.8 Å². The third-order valence-electron chi connectivity index (χ3n) is 5.95. The zero-order valence-electron chi connectivity index (χ0n) is 25.1. The summed E-state index contributed by atoms with van der Waals surface area (Å²) in [4.78, 5) is 0. The van der Waals surface area contributed by atoms with Crippen molar-refractivity contribution in [3.05, 3.63) is 0 Å². The standard InChI is InChI=1S/C14H30O4S.C12H26O4S.2Na/c1-2-3-4-5-6-7-8-9-10-11-12-13-14-18-19(15,16)17;1-2-3-4-5-6-7-8-9-10-11-12-16-17(13,14)15;;/h2-14H2,1H3,(H,15,16,17);2-12H2,1H3,(H,13,14,15);;/q;;2*+1/p-2. The van der Waals surface area contributed by atoms with E-state index in [1.54, 1.807) is 0 Å². The summed E-state index contributed by atoms with van der Waals surface area (Å²) in [6.45, 7) is 4.51. The zero-order chi connectivity index (χ0) is 27.4. The Morgan fingerprint density at radius 2 is 0.579 bits per heavy atom. The minimum absolute atomic E-state index is 0. The van der Waals surface area contributed by atoms with E-state index in [2.05, 4.69) is 22.2 Å². The molecule has 0 unspecified atom stereocenters. The van der Waals surface area contributed by atoms with E-state index in [1.165, 1.54) is 103 Å². The van der Waals surface area contributed by atoms with Gasteiger partial charge in [-0.15, -0.1) is 0 Å². The number of unbranched alkanes of at least 4 members (excludes halogenated alkanes) is 20. The number of rotatable bonds is 26. The van der Waals surface area contributed by atoms with Gasteiger partial charge >= 0.3 is 59.1 Å². The summed E-state index contributed by atoms with van der Waals surface area (Å²) >= 11 is 0. The first-order chi connectivity index (χ1) is 17.1. The minimum atomic E-state index is -4.49. The fourth-order valence-corrected chi connectivity index (χ4v) is 4.50. The van der Waals surface area contributed by atoms with Crippen LogP contribution in [-0.4, -0.2) is 39.2 Å². The van der Waals surface area contributed by atoms with E-state index in [1.807, 2.05) is 0 Å². The van der Waals surface area contributed by atoms with Gasteiger partial charge in [-0.25, -0.2) is 16.8 Å². The molecule has 0 fully saturated rings. The first kappa shape index (κ1) is 46.7. The summed E-state index contributed by atoms with van der Waals surface area (Å²) in [5.41, 5.74) is 0. The molecular formula is C26H54Na2O8S2. The van der Waals surface area contributed by atoms with Gasteiger partial charge in [-0.3, -0.25) is 8.37 Å². The van der Waals surface area contributed by atoms with Crippen molar-refractivity contribution in [3.8, 4) is 0 Å². The van der Waals surface area contributed by atoms with Crippen LogP contribution < -0.4 is 59.1 Å². The maximum Gasteiger partial charge on any atom is 1.00 e. The molecule has 220 valence electrons. The van der Waals surface area contributed by atoms with Gasteiger partial charge in [0.1, 0.15) is 0 Å². The maximum atomic E-state index is 10.2. The van der Waals surface area contributed by atoms with E-state index in [4.69, 9.17) is 0 Å². The molecule has 0 bridgehead atoms. The van der Waals surface area contributed by atoms with Gasteiger partial charge < -0.3 is 9.11 Å². The molecule has 0 spiro atoms. The van der Waals surface area contributed by atoms with E-state index in [0.29, 0.717) is 12.8 Å². The molecule has 0 amide bonds. The molecule has 38 heavy (non-hydrogen) atoms. The summed E-state index contributed by atoms with van der Waals surface area (Å²) in [6.07, 6.45) is 26.2. The van der Waals surface area contributed by atoms with Crippen molar-refractivity contribution in [1.82, 2.24) is 0 Å². The molecule has 0 radical (unpaired) electrons. The van der Waals surface area contributed by atoms with Gasteiger partial charge in [-0.1, -0.05) is 142 Å². The second kappa shape index (κ2) is 34.9. The van der Waals surface area contributed by atoms with Gasteiger partial charge in [0, 0.05) is 0 Å². The van der Waals surface area contributed by atoms with Crippen LogP contribution in [0.1, 0.15) is 155 Å². The van der Waals surface area contributed by atoms with Crippen molar-refractivity contribution in [2.24, 2.45) is 0 Å². The molecule has 0 aromatic rings. The quantitative estimate of drug-likeness (QED) is 0.0629. The molecule has 8 nitrogen and oxygen atoms in total. The summed E-state index contributed by atoms with van der Waals surface area (Å²) in [5.74, 6) is 0. The largest absolute Gasteiger partial charge is 1.00 e. The Bertz CT molecular complexity index is 648. The molecule has 0 aliphatic heterocycles.